The minimum Gasteiger partial charge on any atom is -0.304 e. The third-order valence-electron chi connectivity index (χ3n) is 3.94. The normalized spacial score (nSPS) is 11.0. The quantitative estimate of drug-likeness (QED) is 0.578. The molecule has 1 amide bonds. The van der Waals surface area contributed by atoms with Gasteiger partial charge in [-0.25, -0.2) is 4.39 Å². The molecule has 7 heteroatoms. The molecule has 1 N–H and O–H groups in total. The van der Waals surface area contributed by atoms with Crippen molar-refractivity contribution in [1.82, 2.24) is 14.8 Å². The number of nitrogens with one attached hydrogen (secondary N) is 1. The Morgan fingerprint density at radius 3 is 2.92 bits per heavy atom. The summed E-state index contributed by atoms with van der Waals surface area (Å²) >= 11 is 1.26. The Kier molecular flexibility index (Phi) is 4.45. The van der Waals surface area contributed by atoms with E-state index < -0.39 is 0 Å². The number of anilines is 1. The van der Waals surface area contributed by atoms with E-state index >= 15 is 0 Å². The van der Waals surface area contributed by atoms with Gasteiger partial charge >= 0.3 is 0 Å². The molecule has 4 aromatic rings. The highest BCUT2D eigenvalue weighted by atomic mass is 32.1. The van der Waals surface area contributed by atoms with Crippen LogP contribution in [0.15, 0.2) is 60.9 Å². The zero-order chi connectivity index (χ0) is 17.9. The molecule has 0 unspecified atom stereocenters. The van der Waals surface area contributed by atoms with Crippen LogP contribution in [0.1, 0.15) is 15.4 Å². The summed E-state index contributed by atoms with van der Waals surface area (Å²) in [7, 11) is 0. The summed E-state index contributed by atoms with van der Waals surface area (Å²) in [4.78, 5) is 17.1. The zero-order valence-corrected chi connectivity index (χ0v) is 14.5. The van der Waals surface area contributed by atoms with Crippen LogP contribution in [0.5, 0.6) is 0 Å². The van der Waals surface area contributed by atoms with E-state index in [0.717, 1.165) is 16.8 Å². The molecule has 0 fully saturated rings. The van der Waals surface area contributed by atoms with Gasteiger partial charge in [0.15, 0.2) is 5.82 Å². The van der Waals surface area contributed by atoms with Gasteiger partial charge in [0.25, 0.3) is 5.91 Å². The van der Waals surface area contributed by atoms with Crippen molar-refractivity contribution >= 4 is 33.1 Å². The first-order valence-corrected chi connectivity index (χ1v) is 8.93. The average Bonchev–Trinajstić information content (AvgIpc) is 3.28. The lowest BCUT2D eigenvalue weighted by molar-refractivity contribution is 0.103. The maximum Gasteiger partial charge on any atom is 0.266 e. The van der Waals surface area contributed by atoms with Gasteiger partial charge < -0.3 is 5.32 Å². The summed E-state index contributed by atoms with van der Waals surface area (Å²) in [5, 5.41) is 7.57. The number of hydrogen-bond acceptors (Lipinski definition) is 4. The third kappa shape index (κ3) is 3.48. The highest BCUT2D eigenvalue weighted by Crippen LogP contribution is 2.28. The summed E-state index contributed by atoms with van der Waals surface area (Å²) in [5.74, 6) is -0.147. The largest absolute Gasteiger partial charge is 0.304 e. The van der Waals surface area contributed by atoms with E-state index in [1.54, 1.807) is 35.1 Å². The molecule has 0 radical (unpaired) electrons. The topological polar surface area (TPSA) is 59.8 Å². The first-order chi connectivity index (χ1) is 12.7. The fraction of sp³-hybridized carbons (Fsp3) is 0.105. The summed E-state index contributed by atoms with van der Waals surface area (Å²) in [6.45, 7) is 0.668. The minimum absolute atomic E-state index is 0.291. The lowest BCUT2D eigenvalue weighted by Gasteiger charge is -2.02. The lowest BCUT2D eigenvalue weighted by atomic mass is 10.2. The van der Waals surface area contributed by atoms with E-state index in [2.05, 4.69) is 15.4 Å². The molecule has 5 nitrogen and oxygen atoms in total. The molecule has 0 atom stereocenters. The van der Waals surface area contributed by atoms with Crippen molar-refractivity contribution in [3.8, 4) is 0 Å². The van der Waals surface area contributed by atoms with Gasteiger partial charge in [-0.2, -0.15) is 5.10 Å². The number of halogens is 1. The van der Waals surface area contributed by atoms with Crippen LogP contribution in [0.25, 0.3) is 10.1 Å². The number of rotatable bonds is 5. The van der Waals surface area contributed by atoms with Crippen LogP contribution in [0, 0.1) is 5.82 Å². The number of carbonyl (C=O) groups excluding carboxylic acids is 1. The second kappa shape index (κ2) is 7.05. The Balaban J connectivity index is 1.43. The number of aromatic nitrogens is 3. The highest BCUT2D eigenvalue weighted by molar-refractivity contribution is 7.20. The van der Waals surface area contributed by atoms with E-state index in [9.17, 15) is 9.18 Å². The van der Waals surface area contributed by atoms with Crippen LogP contribution in [-0.4, -0.2) is 20.7 Å². The van der Waals surface area contributed by atoms with Crippen LogP contribution in [0.3, 0.4) is 0 Å². The second-order valence-electron chi connectivity index (χ2n) is 5.75. The molecule has 3 heterocycles. The number of fused-ring (bicyclic) bond motifs is 1. The molecule has 26 heavy (non-hydrogen) atoms. The molecule has 1 aromatic carbocycles. The van der Waals surface area contributed by atoms with Crippen LogP contribution >= 0.6 is 11.3 Å². The zero-order valence-electron chi connectivity index (χ0n) is 13.7. The molecule has 4 rings (SSSR count). The number of nitrogens with zero attached hydrogens (tertiary/aromatic N) is 3. The average molecular weight is 366 g/mol. The van der Waals surface area contributed by atoms with Gasteiger partial charge in [0, 0.05) is 47.2 Å². The van der Waals surface area contributed by atoms with Gasteiger partial charge in [0.2, 0.25) is 0 Å². The number of aryl methyl sites for hydroxylation is 2. The molecule has 0 bridgehead atoms. The molecule has 0 aliphatic carbocycles. The van der Waals surface area contributed by atoms with Crippen molar-refractivity contribution in [2.24, 2.45) is 0 Å². The molecule has 0 spiro atoms. The van der Waals surface area contributed by atoms with Gasteiger partial charge in [0.05, 0.1) is 4.88 Å². The predicted molar refractivity (Wildman–Crippen MR) is 99.9 cm³/mol. The lowest BCUT2D eigenvalue weighted by Crippen LogP contribution is -2.11. The first kappa shape index (κ1) is 16.4. The standard InChI is InChI=1S/C19H15FN4OS/c20-15-5-3-6-16-14(15)12-17(26-16)19(25)22-18-8-11-24(23-18)10-7-13-4-1-2-9-21-13/h1-6,8-9,11-12H,7,10H2,(H,22,23,25). The molecule has 0 saturated carbocycles. The molecular formula is C19H15FN4OS. The first-order valence-electron chi connectivity index (χ1n) is 8.12. The van der Waals surface area contributed by atoms with Crippen molar-refractivity contribution in [1.29, 1.82) is 0 Å². The molecule has 0 aliphatic rings. The fourth-order valence-corrected chi connectivity index (χ4v) is 3.61. The summed E-state index contributed by atoms with van der Waals surface area (Å²) in [5.41, 5.74) is 0.987. The smallest absolute Gasteiger partial charge is 0.266 e. The van der Waals surface area contributed by atoms with E-state index in [1.807, 2.05) is 24.4 Å². The highest BCUT2D eigenvalue weighted by Gasteiger charge is 2.13. The van der Waals surface area contributed by atoms with Gasteiger partial charge in [0.1, 0.15) is 5.82 Å². The monoisotopic (exact) mass is 366 g/mol. The van der Waals surface area contributed by atoms with E-state index in [1.165, 1.54) is 17.4 Å². The number of amides is 1. The number of pyridine rings is 1. The van der Waals surface area contributed by atoms with Crippen LogP contribution < -0.4 is 5.32 Å². The van der Waals surface area contributed by atoms with Crippen molar-refractivity contribution in [3.05, 3.63) is 77.3 Å². The minimum atomic E-state index is -0.323. The maximum atomic E-state index is 13.8. The van der Waals surface area contributed by atoms with Crippen LogP contribution in [0.4, 0.5) is 10.2 Å². The van der Waals surface area contributed by atoms with Crippen LogP contribution in [-0.2, 0) is 13.0 Å². The summed E-state index contributed by atoms with van der Waals surface area (Å²) in [6, 6.07) is 13.9. The van der Waals surface area contributed by atoms with E-state index in [4.69, 9.17) is 0 Å². The summed E-state index contributed by atoms with van der Waals surface area (Å²) < 4.78 is 16.3. The Hall–Kier alpha value is -3.06. The fourth-order valence-electron chi connectivity index (χ4n) is 2.64. The third-order valence-corrected chi connectivity index (χ3v) is 5.04. The molecule has 0 aliphatic heterocycles. The Morgan fingerprint density at radius 2 is 2.12 bits per heavy atom. The molecule has 130 valence electrons. The molecule has 0 saturated heterocycles. The van der Waals surface area contributed by atoms with E-state index in [0.29, 0.717) is 22.6 Å². The van der Waals surface area contributed by atoms with Crippen molar-refractivity contribution in [3.63, 3.8) is 0 Å². The second-order valence-corrected chi connectivity index (χ2v) is 6.84. The van der Waals surface area contributed by atoms with Gasteiger partial charge in [-0.1, -0.05) is 12.1 Å². The number of thiophene rings is 1. The Bertz CT molecular complexity index is 1060. The Labute approximate surface area is 153 Å². The number of carbonyl (C=O) groups is 1. The molecular weight excluding hydrogens is 351 g/mol. The van der Waals surface area contributed by atoms with Gasteiger partial charge in [-0.15, -0.1) is 11.3 Å². The number of hydrogen-bond donors (Lipinski definition) is 1. The SMILES string of the molecule is O=C(Nc1ccn(CCc2ccccn2)n1)c1cc2c(F)cccc2s1. The summed E-state index contributed by atoms with van der Waals surface area (Å²) in [6.07, 6.45) is 4.33. The Morgan fingerprint density at radius 1 is 1.19 bits per heavy atom. The van der Waals surface area contributed by atoms with Crippen molar-refractivity contribution in [2.75, 3.05) is 5.32 Å². The maximum absolute atomic E-state index is 13.8. The van der Waals surface area contributed by atoms with Gasteiger partial charge in [-0.05, 0) is 30.3 Å². The van der Waals surface area contributed by atoms with Crippen molar-refractivity contribution < 1.29 is 9.18 Å². The van der Waals surface area contributed by atoms with Crippen molar-refractivity contribution in [2.45, 2.75) is 13.0 Å². The predicted octanol–water partition coefficient (Wildman–Crippen LogP) is 4.13. The molecule has 3 aromatic heterocycles. The number of benzene rings is 1. The van der Waals surface area contributed by atoms with Gasteiger partial charge in [-0.3, -0.25) is 14.5 Å². The van der Waals surface area contributed by atoms with Crippen LogP contribution in [0.2, 0.25) is 0 Å². The van der Waals surface area contributed by atoms with E-state index in [-0.39, 0.29) is 11.7 Å².